The van der Waals surface area contributed by atoms with Gasteiger partial charge in [-0.05, 0) is 45.1 Å². The van der Waals surface area contributed by atoms with Crippen molar-refractivity contribution in [2.24, 2.45) is 10.8 Å². The summed E-state index contributed by atoms with van der Waals surface area (Å²) in [7, 11) is 0. The van der Waals surface area contributed by atoms with E-state index in [9.17, 15) is 0 Å². The highest BCUT2D eigenvalue weighted by Crippen LogP contribution is 2.21. The highest BCUT2D eigenvalue weighted by atomic mass is 16.3. The van der Waals surface area contributed by atoms with E-state index in [-0.39, 0.29) is 17.4 Å². The highest BCUT2D eigenvalue weighted by molar-refractivity contribution is 4.91. The van der Waals surface area contributed by atoms with Crippen molar-refractivity contribution >= 4 is 0 Å². The second-order valence-corrected chi connectivity index (χ2v) is 5.91. The van der Waals surface area contributed by atoms with Crippen molar-refractivity contribution in [1.82, 2.24) is 5.32 Å². The van der Waals surface area contributed by atoms with Crippen LogP contribution in [-0.4, -0.2) is 24.8 Å². The Morgan fingerprint density at radius 3 is 2.31 bits per heavy atom. The highest BCUT2D eigenvalue weighted by Gasteiger charge is 2.17. The van der Waals surface area contributed by atoms with Gasteiger partial charge in [0, 0.05) is 13.2 Å². The maximum Gasteiger partial charge on any atom is 0.0683 e. The van der Waals surface area contributed by atoms with Gasteiger partial charge in [0.1, 0.15) is 0 Å². The van der Waals surface area contributed by atoms with E-state index in [1.165, 1.54) is 0 Å². The van der Waals surface area contributed by atoms with Crippen molar-refractivity contribution in [3.63, 3.8) is 0 Å². The Balaban J connectivity index is 3.59. The fraction of sp³-hybridized carbons (Fsp3) is 0.923. The Hall–Kier alpha value is -0.590. The Kier molecular flexibility index (Phi) is 6.62. The second-order valence-electron chi connectivity index (χ2n) is 5.91. The third-order valence-corrected chi connectivity index (χ3v) is 2.85. The molecular weight excluding hydrogens is 200 g/mol. The van der Waals surface area contributed by atoms with Crippen molar-refractivity contribution < 1.29 is 5.11 Å². The van der Waals surface area contributed by atoms with Crippen LogP contribution in [0.5, 0.6) is 0 Å². The number of rotatable bonds is 8. The van der Waals surface area contributed by atoms with Crippen molar-refractivity contribution in [3.8, 4) is 6.07 Å². The summed E-state index contributed by atoms with van der Waals surface area (Å²) in [6.45, 7) is 10.4. The van der Waals surface area contributed by atoms with Crippen LogP contribution >= 0.6 is 0 Å². The van der Waals surface area contributed by atoms with Crippen LogP contribution in [0.2, 0.25) is 0 Å². The van der Waals surface area contributed by atoms with Crippen LogP contribution in [0.1, 0.15) is 47.0 Å². The maximum absolute atomic E-state index is 8.88. The van der Waals surface area contributed by atoms with Crippen LogP contribution in [0.15, 0.2) is 0 Å². The molecule has 94 valence electrons. The molecule has 0 rings (SSSR count). The van der Waals surface area contributed by atoms with E-state index in [1.54, 1.807) is 0 Å². The second kappa shape index (κ2) is 6.88. The predicted octanol–water partition coefficient (Wildman–Crippen LogP) is 2.31. The monoisotopic (exact) mass is 226 g/mol. The molecule has 0 fully saturated rings. The molecule has 0 aromatic carbocycles. The lowest BCUT2D eigenvalue weighted by atomic mass is 9.88. The van der Waals surface area contributed by atoms with E-state index in [1.807, 2.05) is 13.8 Å². The number of hydrogen-bond acceptors (Lipinski definition) is 3. The number of hydrogen-bond donors (Lipinski definition) is 2. The van der Waals surface area contributed by atoms with E-state index in [0.717, 1.165) is 32.4 Å². The lowest BCUT2D eigenvalue weighted by molar-refractivity contribution is 0.207. The Bertz CT molecular complexity index is 229. The van der Waals surface area contributed by atoms with Crippen LogP contribution in [0.4, 0.5) is 0 Å². The zero-order chi connectivity index (χ0) is 12.7. The van der Waals surface area contributed by atoms with Gasteiger partial charge in [0.15, 0.2) is 0 Å². The van der Waals surface area contributed by atoms with Gasteiger partial charge < -0.3 is 10.4 Å². The Labute approximate surface area is 99.9 Å². The quantitative estimate of drug-likeness (QED) is 0.624. The molecule has 0 radical (unpaired) electrons. The molecule has 0 aliphatic carbocycles. The third-order valence-electron chi connectivity index (χ3n) is 2.85. The summed E-state index contributed by atoms with van der Waals surface area (Å²) in [4.78, 5) is 0. The lowest BCUT2D eigenvalue weighted by Crippen LogP contribution is -2.31. The largest absolute Gasteiger partial charge is 0.396 e. The van der Waals surface area contributed by atoms with Crippen LogP contribution in [-0.2, 0) is 0 Å². The first-order chi connectivity index (χ1) is 7.33. The molecule has 3 heteroatoms. The van der Waals surface area contributed by atoms with Gasteiger partial charge in [-0.1, -0.05) is 13.8 Å². The molecule has 0 amide bonds. The standard InChI is InChI=1S/C13H26N2O/c1-12(2,10-14)6-5-8-15-11-13(3,4)7-9-16/h15-16H,5-9,11H2,1-4H3. The predicted molar refractivity (Wildman–Crippen MR) is 67.0 cm³/mol. The summed E-state index contributed by atoms with van der Waals surface area (Å²) < 4.78 is 0. The molecule has 0 unspecified atom stereocenters. The molecule has 0 aliphatic heterocycles. The lowest BCUT2D eigenvalue weighted by Gasteiger charge is -2.24. The van der Waals surface area contributed by atoms with Crippen molar-refractivity contribution in [1.29, 1.82) is 5.26 Å². The van der Waals surface area contributed by atoms with Crippen LogP contribution in [0.25, 0.3) is 0 Å². The SMILES string of the molecule is CC(C)(C#N)CCCNCC(C)(C)CCO. The van der Waals surface area contributed by atoms with Crippen LogP contribution in [0, 0.1) is 22.2 Å². The van der Waals surface area contributed by atoms with Crippen molar-refractivity contribution in [2.75, 3.05) is 19.7 Å². The van der Waals surface area contributed by atoms with Crippen LogP contribution in [0.3, 0.4) is 0 Å². The van der Waals surface area contributed by atoms with E-state index in [2.05, 4.69) is 25.2 Å². The number of aliphatic hydroxyl groups excluding tert-OH is 1. The summed E-state index contributed by atoms with van der Waals surface area (Å²) in [6, 6.07) is 2.31. The number of nitrogens with one attached hydrogen (secondary N) is 1. The van der Waals surface area contributed by atoms with Gasteiger partial charge in [-0.3, -0.25) is 0 Å². The van der Waals surface area contributed by atoms with Crippen molar-refractivity contribution in [2.45, 2.75) is 47.0 Å². The van der Waals surface area contributed by atoms with Gasteiger partial charge in [-0.2, -0.15) is 5.26 Å². The molecule has 0 atom stereocenters. The Morgan fingerprint density at radius 2 is 1.81 bits per heavy atom. The zero-order valence-electron chi connectivity index (χ0n) is 11.1. The molecular formula is C13H26N2O. The van der Waals surface area contributed by atoms with Gasteiger partial charge in [0.2, 0.25) is 0 Å². The topological polar surface area (TPSA) is 56.0 Å². The fourth-order valence-electron chi connectivity index (χ4n) is 1.53. The smallest absolute Gasteiger partial charge is 0.0683 e. The summed E-state index contributed by atoms with van der Waals surface area (Å²) >= 11 is 0. The maximum atomic E-state index is 8.88. The third kappa shape index (κ3) is 7.67. The number of nitriles is 1. The molecule has 0 aromatic rings. The van der Waals surface area contributed by atoms with Gasteiger partial charge in [0.05, 0.1) is 11.5 Å². The van der Waals surface area contributed by atoms with E-state index in [4.69, 9.17) is 10.4 Å². The minimum Gasteiger partial charge on any atom is -0.396 e. The normalized spacial score (nSPS) is 12.5. The summed E-state index contributed by atoms with van der Waals surface area (Å²) in [5.41, 5.74) is -0.0538. The van der Waals surface area contributed by atoms with Gasteiger partial charge in [-0.15, -0.1) is 0 Å². The first-order valence-corrected chi connectivity index (χ1v) is 6.06. The van der Waals surface area contributed by atoms with Crippen molar-refractivity contribution in [3.05, 3.63) is 0 Å². The number of aliphatic hydroxyl groups is 1. The van der Waals surface area contributed by atoms with E-state index < -0.39 is 0 Å². The minimum absolute atomic E-state index is 0.152. The molecule has 2 N–H and O–H groups in total. The number of nitrogens with zero attached hydrogens (tertiary/aromatic N) is 1. The molecule has 16 heavy (non-hydrogen) atoms. The molecule has 0 saturated heterocycles. The molecule has 0 heterocycles. The van der Waals surface area contributed by atoms with Crippen LogP contribution < -0.4 is 5.32 Å². The zero-order valence-corrected chi connectivity index (χ0v) is 11.1. The first kappa shape index (κ1) is 15.4. The molecule has 0 bridgehead atoms. The minimum atomic E-state index is -0.206. The molecule has 0 aliphatic rings. The van der Waals surface area contributed by atoms with E-state index >= 15 is 0 Å². The molecule has 0 saturated carbocycles. The summed E-state index contributed by atoms with van der Waals surface area (Å²) in [5, 5.41) is 21.1. The summed E-state index contributed by atoms with van der Waals surface area (Å²) in [6.07, 6.45) is 2.77. The van der Waals surface area contributed by atoms with Gasteiger partial charge in [0.25, 0.3) is 0 Å². The van der Waals surface area contributed by atoms with Gasteiger partial charge >= 0.3 is 0 Å². The molecule has 0 spiro atoms. The average Bonchev–Trinajstić information content (AvgIpc) is 2.17. The average molecular weight is 226 g/mol. The van der Waals surface area contributed by atoms with Gasteiger partial charge in [-0.25, -0.2) is 0 Å². The Morgan fingerprint density at radius 1 is 1.19 bits per heavy atom. The summed E-state index contributed by atoms with van der Waals surface area (Å²) in [5.74, 6) is 0. The fourth-order valence-corrected chi connectivity index (χ4v) is 1.53. The molecule has 3 nitrogen and oxygen atoms in total. The van der Waals surface area contributed by atoms with E-state index in [0.29, 0.717) is 0 Å². The first-order valence-electron chi connectivity index (χ1n) is 6.06. The molecule has 0 aromatic heterocycles.